The first-order valence-corrected chi connectivity index (χ1v) is 6.16. The van der Waals surface area contributed by atoms with Crippen LogP contribution in [0.1, 0.15) is 18.4 Å². The number of carboxylic acid groups (broad SMARTS) is 1. The van der Waals surface area contributed by atoms with Crippen LogP contribution in [-0.4, -0.2) is 34.2 Å². The summed E-state index contributed by atoms with van der Waals surface area (Å²) in [7, 11) is 0. The Morgan fingerprint density at radius 1 is 1.47 bits per heavy atom. The van der Waals surface area contributed by atoms with Crippen molar-refractivity contribution < 1.29 is 19.4 Å². The summed E-state index contributed by atoms with van der Waals surface area (Å²) >= 11 is 5.87. The molecule has 2 N–H and O–H groups in total. The normalized spacial score (nSPS) is 22.2. The minimum absolute atomic E-state index is 0.187. The number of halogens is 1. The summed E-state index contributed by atoms with van der Waals surface area (Å²) in [6.07, 6.45) is 0.608. The number of aryl methyl sites for hydroxylation is 1. The Morgan fingerprint density at radius 2 is 2.16 bits per heavy atom. The zero-order chi connectivity index (χ0) is 14.0. The lowest BCUT2D eigenvalue weighted by Gasteiger charge is -2.12. The van der Waals surface area contributed by atoms with Crippen LogP contribution in [0.25, 0.3) is 0 Å². The number of aromatic nitrogens is 1. The molecule has 2 atom stereocenters. The van der Waals surface area contributed by atoms with E-state index < -0.39 is 24.1 Å². The summed E-state index contributed by atoms with van der Waals surface area (Å²) < 4.78 is 5.15. The third-order valence-corrected chi connectivity index (χ3v) is 3.12. The van der Waals surface area contributed by atoms with E-state index in [9.17, 15) is 9.59 Å². The van der Waals surface area contributed by atoms with E-state index in [4.69, 9.17) is 21.4 Å². The predicted octanol–water partition coefficient (Wildman–Crippen LogP) is 1.61. The number of amides is 1. The van der Waals surface area contributed by atoms with Crippen LogP contribution in [-0.2, 0) is 14.3 Å². The molecule has 102 valence electrons. The third kappa shape index (κ3) is 3.21. The summed E-state index contributed by atoms with van der Waals surface area (Å²) in [5.41, 5.74) is 1.25. The molecule has 6 nitrogen and oxygen atoms in total. The van der Waals surface area contributed by atoms with Crippen LogP contribution in [0, 0.1) is 6.92 Å². The fourth-order valence-corrected chi connectivity index (χ4v) is 2.02. The third-order valence-electron chi connectivity index (χ3n) is 2.82. The van der Waals surface area contributed by atoms with Gasteiger partial charge in [0.15, 0.2) is 11.3 Å². The Bertz CT molecular complexity index is 520. The zero-order valence-electron chi connectivity index (χ0n) is 10.2. The lowest BCUT2D eigenvalue weighted by Crippen LogP contribution is -2.30. The molecular formula is C12H13ClN2O4. The minimum atomic E-state index is -1.05. The van der Waals surface area contributed by atoms with Gasteiger partial charge in [0.1, 0.15) is 6.10 Å². The van der Waals surface area contributed by atoms with Crippen molar-refractivity contribution in [2.45, 2.75) is 32.0 Å². The fourth-order valence-electron chi connectivity index (χ4n) is 1.87. The number of carbonyl (C=O) groups excluding carboxylic acids is 1. The maximum Gasteiger partial charge on any atom is 0.332 e. The smallest absolute Gasteiger partial charge is 0.332 e. The first-order chi connectivity index (χ1) is 8.97. The molecule has 1 saturated heterocycles. The van der Waals surface area contributed by atoms with E-state index >= 15 is 0 Å². The molecule has 2 heterocycles. The van der Waals surface area contributed by atoms with Gasteiger partial charge in [-0.3, -0.25) is 4.79 Å². The van der Waals surface area contributed by atoms with Gasteiger partial charge in [0.2, 0.25) is 0 Å². The number of nitrogens with one attached hydrogen (secondary N) is 1. The molecule has 1 aliphatic heterocycles. The molecule has 0 aromatic carbocycles. The summed E-state index contributed by atoms with van der Waals surface area (Å²) in [5.74, 6) is -1.45. The van der Waals surface area contributed by atoms with E-state index in [0.29, 0.717) is 18.5 Å². The molecule has 19 heavy (non-hydrogen) atoms. The molecule has 0 aliphatic carbocycles. The van der Waals surface area contributed by atoms with Crippen LogP contribution in [0.5, 0.6) is 0 Å². The lowest BCUT2D eigenvalue weighted by molar-refractivity contribution is -0.150. The number of pyridine rings is 1. The van der Waals surface area contributed by atoms with Gasteiger partial charge in [-0.15, -0.1) is 0 Å². The van der Waals surface area contributed by atoms with Crippen molar-refractivity contribution in [3.63, 3.8) is 0 Å². The van der Waals surface area contributed by atoms with Crippen LogP contribution >= 0.6 is 11.6 Å². The highest BCUT2D eigenvalue weighted by atomic mass is 35.5. The van der Waals surface area contributed by atoms with Crippen LogP contribution in [0.4, 0.5) is 5.69 Å². The second kappa shape index (κ2) is 5.54. The molecule has 0 radical (unpaired) electrons. The van der Waals surface area contributed by atoms with Gasteiger partial charge in [-0.1, -0.05) is 11.6 Å². The number of ether oxygens (including phenoxy) is 1. The van der Waals surface area contributed by atoms with Gasteiger partial charge in [0.05, 0.1) is 5.69 Å². The van der Waals surface area contributed by atoms with Gasteiger partial charge in [0.25, 0.3) is 5.91 Å². The second-order valence-corrected chi connectivity index (χ2v) is 4.73. The number of hydrogen-bond acceptors (Lipinski definition) is 4. The van der Waals surface area contributed by atoms with E-state index in [1.54, 1.807) is 12.3 Å². The Balaban J connectivity index is 2.02. The number of carbonyl (C=O) groups is 2. The SMILES string of the molecule is Cc1cnc(Cl)c(NC(=O)[C@@H]2CC[C@H](C(=O)O)O2)c1. The number of aliphatic carboxylic acids is 1. The Hall–Kier alpha value is -1.66. The Labute approximate surface area is 114 Å². The van der Waals surface area contributed by atoms with Crippen molar-refractivity contribution in [1.82, 2.24) is 4.98 Å². The highest BCUT2D eigenvalue weighted by Crippen LogP contribution is 2.24. The van der Waals surface area contributed by atoms with Crippen LogP contribution in [0.2, 0.25) is 5.15 Å². The molecule has 0 unspecified atom stereocenters. The first kappa shape index (κ1) is 13.8. The largest absolute Gasteiger partial charge is 0.479 e. The predicted molar refractivity (Wildman–Crippen MR) is 68.1 cm³/mol. The lowest BCUT2D eigenvalue weighted by atomic mass is 10.2. The van der Waals surface area contributed by atoms with Crippen molar-refractivity contribution in [3.05, 3.63) is 23.0 Å². The quantitative estimate of drug-likeness (QED) is 0.823. The van der Waals surface area contributed by atoms with Crippen molar-refractivity contribution in [2.24, 2.45) is 0 Å². The molecule has 0 spiro atoms. The number of nitrogens with zero attached hydrogens (tertiary/aromatic N) is 1. The van der Waals surface area contributed by atoms with E-state index in [2.05, 4.69) is 10.3 Å². The van der Waals surface area contributed by atoms with Crippen molar-refractivity contribution in [3.8, 4) is 0 Å². The number of rotatable bonds is 3. The molecule has 1 aliphatic rings. The van der Waals surface area contributed by atoms with Gasteiger partial charge >= 0.3 is 5.97 Å². The zero-order valence-corrected chi connectivity index (χ0v) is 11.0. The Kier molecular flexibility index (Phi) is 4.01. The molecule has 7 heteroatoms. The maximum atomic E-state index is 11.9. The Morgan fingerprint density at radius 3 is 2.79 bits per heavy atom. The fraction of sp³-hybridized carbons (Fsp3) is 0.417. The number of anilines is 1. The van der Waals surface area contributed by atoms with E-state index in [1.807, 2.05) is 6.92 Å². The highest BCUT2D eigenvalue weighted by Gasteiger charge is 2.34. The second-order valence-electron chi connectivity index (χ2n) is 4.37. The molecular weight excluding hydrogens is 272 g/mol. The summed E-state index contributed by atoms with van der Waals surface area (Å²) in [6, 6.07) is 1.69. The van der Waals surface area contributed by atoms with Gasteiger partial charge in [0, 0.05) is 6.20 Å². The van der Waals surface area contributed by atoms with E-state index in [-0.39, 0.29) is 5.15 Å². The maximum absolute atomic E-state index is 11.9. The molecule has 2 rings (SSSR count). The number of hydrogen-bond donors (Lipinski definition) is 2. The molecule has 0 saturated carbocycles. The average molecular weight is 285 g/mol. The van der Waals surface area contributed by atoms with E-state index in [1.165, 1.54) is 0 Å². The first-order valence-electron chi connectivity index (χ1n) is 5.78. The molecule has 1 aromatic rings. The monoisotopic (exact) mass is 284 g/mol. The summed E-state index contributed by atoms with van der Waals surface area (Å²) in [5, 5.41) is 11.6. The van der Waals surface area contributed by atoms with Crippen molar-refractivity contribution >= 4 is 29.2 Å². The van der Waals surface area contributed by atoms with Crippen LogP contribution in [0.3, 0.4) is 0 Å². The number of carboxylic acids is 1. The standard InChI is InChI=1S/C12H13ClN2O4/c1-6-4-7(10(13)14-5-6)15-11(16)8-2-3-9(19-8)12(17)18/h4-5,8-9H,2-3H2,1H3,(H,15,16)(H,17,18)/t8-,9+/m0/s1. The van der Waals surface area contributed by atoms with Crippen molar-refractivity contribution in [2.75, 3.05) is 5.32 Å². The van der Waals surface area contributed by atoms with Gasteiger partial charge in [-0.2, -0.15) is 0 Å². The van der Waals surface area contributed by atoms with Crippen molar-refractivity contribution in [1.29, 1.82) is 0 Å². The van der Waals surface area contributed by atoms with Crippen LogP contribution in [0.15, 0.2) is 12.3 Å². The highest BCUT2D eigenvalue weighted by molar-refractivity contribution is 6.32. The van der Waals surface area contributed by atoms with Gasteiger partial charge in [-0.25, -0.2) is 9.78 Å². The van der Waals surface area contributed by atoms with Gasteiger partial charge < -0.3 is 15.2 Å². The van der Waals surface area contributed by atoms with Crippen LogP contribution < -0.4 is 5.32 Å². The van der Waals surface area contributed by atoms with E-state index in [0.717, 1.165) is 5.56 Å². The summed E-state index contributed by atoms with van der Waals surface area (Å²) in [6.45, 7) is 1.82. The molecule has 1 aromatic heterocycles. The molecule has 0 bridgehead atoms. The minimum Gasteiger partial charge on any atom is -0.479 e. The molecule has 1 amide bonds. The topological polar surface area (TPSA) is 88.5 Å². The molecule has 1 fully saturated rings. The average Bonchev–Trinajstić information content (AvgIpc) is 2.83. The van der Waals surface area contributed by atoms with Gasteiger partial charge in [-0.05, 0) is 31.4 Å². The summed E-state index contributed by atoms with van der Waals surface area (Å²) in [4.78, 5) is 26.6.